The summed E-state index contributed by atoms with van der Waals surface area (Å²) in [6.07, 6.45) is 1.42. The van der Waals surface area contributed by atoms with Crippen molar-refractivity contribution in [2.75, 3.05) is 26.2 Å². The van der Waals surface area contributed by atoms with Gasteiger partial charge in [0, 0.05) is 45.3 Å². The number of nitrogens with one attached hydrogen (secondary N) is 1. The van der Waals surface area contributed by atoms with Crippen LogP contribution in [0.4, 0.5) is 13.2 Å². The van der Waals surface area contributed by atoms with Crippen molar-refractivity contribution in [2.24, 2.45) is 12.0 Å². The zero-order valence-corrected chi connectivity index (χ0v) is 17.8. The Kier molecular flexibility index (Phi) is 7.05. The van der Waals surface area contributed by atoms with Gasteiger partial charge in [-0.2, -0.15) is 18.3 Å². The van der Waals surface area contributed by atoms with E-state index in [1.54, 1.807) is 6.07 Å². The lowest BCUT2D eigenvalue weighted by molar-refractivity contribution is -0.137. The van der Waals surface area contributed by atoms with Crippen LogP contribution in [0.2, 0.25) is 0 Å². The largest absolute Gasteiger partial charge is 0.416 e. The van der Waals surface area contributed by atoms with E-state index in [0.29, 0.717) is 24.4 Å². The van der Waals surface area contributed by atoms with E-state index in [0.717, 1.165) is 38.1 Å². The summed E-state index contributed by atoms with van der Waals surface area (Å²) >= 11 is 0. The Bertz CT molecular complexity index is 858. The first-order chi connectivity index (χ1) is 14.3. The molecule has 1 fully saturated rings. The van der Waals surface area contributed by atoms with Gasteiger partial charge in [0.2, 0.25) is 0 Å². The number of hydrogen-bond donors (Lipinski definition) is 1. The van der Waals surface area contributed by atoms with Crippen LogP contribution in [0, 0.1) is 0 Å². The summed E-state index contributed by atoms with van der Waals surface area (Å²) in [5, 5.41) is 7.62. The van der Waals surface area contributed by atoms with Crippen LogP contribution in [0.3, 0.4) is 0 Å². The minimum Gasteiger partial charge on any atom is -0.357 e. The normalized spacial score (nSPS) is 18.7. The van der Waals surface area contributed by atoms with Crippen molar-refractivity contribution in [1.82, 2.24) is 20.0 Å². The third-order valence-electron chi connectivity index (χ3n) is 5.63. The average molecular weight is 422 g/mol. The van der Waals surface area contributed by atoms with Crippen LogP contribution in [0.5, 0.6) is 0 Å². The maximum atomic E-state index is 13.0. The minimum atomic E-state index is -4.31. The number of aromatic nitrogens is 2. The number of guanidine groups is 1. The molecular weight excluding hydrogens is 391 g/mol. The lowest BCUT2D eigenvalue weighted by Crippen LogP contribution is -2.40. The fourth-order valence-corrected chi connectivity index (χ4v) is 3.85. The maximum Gasteiger partial charge on any atom is 0.416 e. The van der Waals surface area contributed by atoms with Crippen molar-refractivity contribution in [3.05, 3.63) is 53.3 Å². The van der Waals surface area contributed by atoms with Crippen molar-refractivity contribution < 1.29 is 13.2 Å². The van der Waals surface area contributed by atoms with Gasteiger partial charge in [-0.3, -0.25) is 9.67 Å². The highest BCUT2D eigenvalue weighted by atomic mass is 19.4. The number of aliphatic imine (C=N–C) groups is 1. The van der Waals surface area contributed by atoms with Crippen LogP contribution in [-0.4, -0.2) is 46.8 Å². The first-order valence-corrected chi connectivity index (χ1v) is 10.5. The minimum absolute atomic E-state index is 0.000598. The molecule has 0 saturated carbocycles. The number of benzene rings is 1. The fraction of sp³-hybridized carbons (Fsp3) is 0.545. The Balaban J connectivity index is 1.60. The topological polar surface area (TPSA) is 45.5 Å². The van der Waals surface area contributed by atoms with Crippen molar-refractivity contribution in [1.29, 1.82) is 0 Å². The molecule has 164 valence electrons. The summed E-state index contributed by atoms with van der Waals surface area (Å²) in [6.45, 7) is 7.14. The van der Waals surface area contributed by atoms with Gasteiger partial charge in [0.05, 0.1) is 11.8 Å². The third kappa shape index (κ3) is 5.55. The number of rotatable bonds is 6. The highest BCUT2D eigenvalue weighted by Crippen LogP contribution is 2.32. The molecule has 1 saturated heterocycles. The van der Waals surface area contributed by atoms with E-state index in [4.69, 9.17) is 4.99 Å². The molecule has 1 aliphatic rings. The van der Waals surface area contributed by atoms with Crippen molar-refractivity contribution >= 4 is 5.96 Å². The van der Waals surface area contributed by atoms with Crippen LogP contribution >= 0.6 is 0 Å². The second kappa shape index (κ2) is 9.53. The second-order valence-electron chi connectivity index (χ2n) is 7.93. The van der Waals surface area contributed by atoms with Crippen LogP contribution in [0.25, 0.3) is 0 Å². The van der Waals surface area contributed by atoms with Crippen LogP contribution in [0.1, 0.15) is 55.2 Å². The predicted octanol–water partition coefficient (Wildman–Crippen LogP) is 4.39. The number of hydrogen-bond acceptors (Lipinski definition) is 2. The predicted molar refractivity (Wildman–Crippen MR) is 113 cm³/mol. The molecule has 2 aromatic rings. The molecule has 1 aliphatic heterocycles. The summed E-state index contributed by atoms with van der Waals surface area (Å²) < 4.78 is 40.7. The fourth-order valence-electron chi connectivity index (χ4n) is 3.85. The molecule has 0 amide bonds. The summed E-state index contributed by atoms with van der Waals surface area (Å²) in [6, 6.07) is 5.60. The van der Waals surface area contributed by atoms with Gasteiger partial charge in [0.1, 0.15) is 0 Å². The summed E-state index contributed by atoms with van der Waals surface area (Å²) in [7, 11) is 1.92. The number of likely N-dealkylation sites (tertiary alicyclic amines) is 1. The highest BCUT2D eigenvalue weighted by Gasteiger charge is 2.30. The van der Waals surface area contributed by atoms with Gasteiger partial charge in [0.15, 0.2) is 5.96 Å². The van der Waals surface area contributed by atoms with Crippen LogP contribution < -0.4 is 5.32 Å². The van der Waals surface area contributed by atoms with Gasteiger partial charge in [-0.1, -0.05) is 25.1 Å². The van der Waals surface area contributed by atoms with Gasteiger partial charge in [-0.15, -0.1) is 0 Å². The van der Waals surface area contributed by atoms with Crippen molar-refractivity contribution in [3.8, 4) is 0 Å². The van der Waals surface area contributed by atoms with Crippen molar-refractivity contribution in [2.45, 2.75) is 44.7 Å². The standard InChI is InChI=1S/C22H30F3N5/c1-4-26-21(30-11-9-18(15-30)19-13-28-29(3)14-19)27-10-8-16(2)17-6-5-7-20(12-17)22(23,24)25/h5-7,12-14,16,18H,4,8-11,15H2,1-3H3,(H,26,27). The molecule has 0 aliphatic carbocycles. The first kappa shape index (κ1) is 22.2. The monoisotopic (exact) mass is 421 g/mol. The number of aryl methyl sites for hydroxylation is 1. The smallest absolute Gasteiger partial charge is 0.357 e. The van der Waals surface area contributed by atoms with E-state index in [1.807, 2.05) is 31.8 Å². The third-order valence-corrected chi connectivity index (χ3v) is 5.63. The van der Waals surface area contributed by atoms with E-state index in [2.05, 4.69) is 21.5 Å². The van der Waals surface area contributed by atoms with E-state index in [-0.39, 0.29) is 5.92 Å². The van der Waals surface area contributed by atoms with Gasteiger partial charge in [-0.05, 0) is 42.9 Å². The zero-order valence-electron chi connectivity index (χ0n) is 17.8. The molecular formula is C22H30F3N5. The quantitative estimate of drug-likeness (QED) is 0.556. The first-order valence-electron chi connectivity index (χ1n) is 10.5. The zero-order chi connectivity index (χ0) is 21.7. The lowest BCUT2D eigenvalue weighted by atomic mass is 9.96. The average Bonchev–Trinajstić information content (AvgIpc) is 3.36. The van der Waals surface area contributed by atoms with Crippen molar-refractivity contribution in [3.63, 3.8) is 0 Å². The molecule has 8 heteroatoms. The highest BCUT2D eigenvalue weighted by molar-refractivity contribution is 5.80. The Hall–Kier alpha value is -2.51. The molecule has 5 nitrogen and oxygen atoms in total. The molecule has 1 aromatic heterocycles. The molecule has 1 N–H and O–H groups in total. The molecule has 2 heterocycles. The Morgan fingerprint density at radius 2 is 2.17 bits per heavy atom. The second-order valence-corrected chi connectivity index (χ2v) is 7.93. The Morgan fingerprint density at radius 3 is 2.83 bits per heavy atom. The number of alkyl halides is 3. The Labute approximate surface area is 176 Å². The maximum absolute atomic E-state index is 13.0. The van der Waals surface area contributed by atoms with E-state index in [9.17, 15) is 13.2 Å². The molecule has 0 bridgehead atoms. The van der Waals surface area contributed by atoms with Gasteiger partial charge >= 0.3 is 6.18 Å². The number of nitrogens with zero attached hydrogens (tertiary/aromatic N) is 4. The van der Waals surface area contributed by atoms with Crippen LogP contribution in [-0.2, 0) is 13.2 Å². The summed E-state index contributed by atoms with van der Waals surface area (Å²) in [5.41, 5.74) is 1.35. The van der Waals surface area contributed by atoms with Gasteiger partial charge < -0.3 is 10.2 Å². The van der Waals surface area contributed by atoms with Gasteiger partial charge in [-0.25, -0.2) is 0 Å². The lowest BCUT2D eigenvalue weighted by Gasteiger charge is -2.22. The summed E-state index contributed by atoms with van der Waals surface area (Å²) in [5.74, 6) is 1.31. The molecule has 0 radical (unpaired) electrons. The Morgan fingerprint density at radius 1 is 1.37 bits per heavy atom. The van der Waals surface area contributed by atoms with E-state index >= 15 is 0 Å². The van der Waals surface area contributed by atoms with Gasteiger partial charge in [0.25, 0.3) is 0 Å². The molecule has 0 spiro atoms. The molecule has 3 rings (SSSR count). The summed E-state index contributed by atoms with van der Waals surface area (Å²) in [4.78, 5) is 7.01. The SMILES string of the molecule is CCNC(=NCCC(C)c1cccc(C(F)(F)F)c1)N1CCC(c2cnn(C)c2)C1. The molecule has 2 atom stereocenters. The molecule has 30 heavy (non-hydrogen) atoms. The van der Waals surface area contributed by atoms with E-state index in [1.165, 1.54) is 17.7 Å². The van der Waals surface area contributed by atoms with E-state index < -0.39 is 11.7 Å². The molecule has 2 unspecified atom stereocenters. The molecule has 1 aromatic carbocycles. The number of halogens is 3. The van der Waals surface area contributed by atoms with Crippen LogP contribution in [0.15, 0.2) is 41.7 Å².